The Balaban J connectivity index is 1.85. The topological polar surface area (TPSA) is 77.1 Å². The third kappa shape index (κ3) is 4.20. The molecule has 0 saturated carbocycles. The average molecular weight is 370 g/mol. The number of nitrogens with one attached hydrogen (secondary N) is 1. The van der Waals surface area contributed by atoms with Gasteiger partial charge in [-0.25, -0.2) is 0 Å². The number of ether oxygens (including phenoxy) is 3. The van der Waals surface area contributed by atoms with Crippen molar-refractivity contribution in [1.82, 2.24) is 4.90 Å². The van der Waals surface area contributed by atoms with Gasteiger partial charge in [-0.05, 0) is 30.3 Å². The molecule has 2 amide bonds. The maximum Gasteiger partial charge on any atom is 0.259 e. The SMILES string of the molecule is COc1ccc(C(=O)N2CCOCC2)cc1NC(=O)c1ccccc1OC. The van der Waals surface area contributed by atoms with E-state index in [4.69, 9.17) is 14.2 Å². The predicted molar refractivity (Wildman–Crippen MR) is 101 cm³/mol. The molecule has 2 aromatic rings. The fourth-order valence-corrected chi connectivity index (χ4v) is 2.91. The highest BCUT2D eigenvalue weighted by Gasteiger charge is 2.21. The van der Waals surface area contributed by atoms with E-state index in [1.165, 1.54) is 14.2 Å². The van der Waals surface area contributed by atoms with E-state index in [0.717, 1.165) is 0 Å². The number of nitrogens with zero attached hydrogens (tertiary/aromatic N) is 1. The summed E-state index contributed by atoms with van der Waals surface area (Å²) in [5.74, 6) is 0.488. The van der Waals surface area contributed by atoms with Gasteiger partial charge in [-0.15, -0.1) is 0 Å². The number of benzene rings is 2. The third-order valence-electron chi connectivity index (χ3n) is 4.34. The largest absolute Gasteiger partial charge is 0.496 e. The molecule has 7 nitrogen and oxygen atoms in total. The molecule has 0 aliphatic carbocycles. The molecule has 0 atom stereocenters. The molecular formula is C20H22N2O5. The van der Waals surface area contributed by atoms with Crippen LogP contribution in [0.3, 0.4) is 0 Å². The molecular weight excluding hydrogens is 348 g/mol. The minimum Gasteiger partial charge on any atom is -0.496 e. The minimum atomic E-state index is -0.346. The van der Waals surface area contributed by atoms with Crippen molar-refractivity contribution in [3.05, 3.63) is 53.6 Å². The van der Waals surface area contributed by atoms with E-state index in [9.17, 15) is 9.59 Å². The highest BCUT2D eigenvalue weighted by Crippen LogP contribution is 2.28. The van der Waals surface area contributed by atoms with Gasteiger partial charge in [0.2, 0.25) is 0 Å². The quantitative estimate of drug-likeness (QED) is 0.875. The van der Waals surface area contributed by atoms with Crippen LogP contribution < -0.4 is 14.8 Å². The summed E-state index contributed by atoms with van der Waals surface area (Å²) in [7, 11) is 3.02. The van der Waals surface area contributed by atoms with Crippen LogP contribution in [0.1, 0.15) is 20.7 Å². The molecule has 0 aromatic heterocycles. The highest BCUT2D eigenvalue weighted by molar-refractivity contribution is 6.07. The standard InChI is InChI=1S/C20H22N2O5/c1-25-17-6-4-3-5-15(17)19(23)21-16-13-14(7-8-18(16)26-2)20(24)22-9-11-27-12-10-22/h3-8,13H,9-12H2,1-2H3,(H,21,23). The number of amides is 2. The summed E-state index contributed by atoms with van der Waals surface area (Å²) in [6.07, 6.45) is 0. The molecule has 1 saturated heterocycles. The van der Waals surface area contributed by atoms with Crippen LogP contribution in [0, 0.1) is 0 Å². The monoisotopic (exact) mass is 370 g/mol. The first-order chi connectivity index (χ1) is 13.1. The number of hydrogen-bond donors (Lipinski definition) is 1. The summed E-state index contributed by atoms with van der Waals surface area (Å²) in [4.78, 5) is 27.1. The lowest BCUT2D eigenvalue weighted by molar-refractivity contribution is 0.0303. The van der Waals surface area contributed by atoms with E-state index < -0.39 is 0 Å². The Morgan fingerprint density at radius 2 is 1.70 bits per heavy atom. The van der Waals surface area contributed by atoms with E-state index in [1.807, 2.05) is 0 Å². The first-order valence-electron chi connectivity index (χ1n) is 8.63. The van der Waals surface area contributed by atoms with Crippen molar-refractivity contribution >= 4 is 17.5 Å². The van der Waals surface area contributed by atoms with Crippen LogP contribution in [0.5, 0.6) is 11.5 Å². The van der Waals surface area contributed by atoms with E-state index in [-0.39, 0.29) is 11.8 Å². The summed E-state index contributed by atoms with van der Waals surface area (Å²) >= 11 is 0. The van der Waals surface area contributed by atoms with E-state index in [1.54, 1.807) is 47.4 Å². The number of anilines is 1. The van der Waals surface area contributed by atoms with Crippen molar-refractivity contribution in [2.75, 3.05) is 45.8 Å². The van der Waals surface area contributed by atoms with Crippen molar-refractivity contribution in [1.29, 1.82) is 0 Å². The van der Waals surface area contributed by atoms with Crippen LogP contribution in [0.4, 0.5) is 5.69 Å². The normalized spacial score (nSPS) is 13.8. The smallest absolute Gasteiger partial charge is 0.259 e. The van der Waals surface area contributed by atoms with Crippen molar-refractivity contribution < 1.29 is 23.8 Å². The lowest BCUT2D eigenvalue weighted by Crippen LogP contribution is -2.40. The number of methoxy groups -OCH3 is 2. The Hall–Kier alpha value is -3.06. The maximum absolute atomic E-state index is 12.7. The zero-order chi connectivity index (χ0) is 19.2. The zero-order valence-electron chi connectivity index (χ0n) is 15.4. The fourth-order valence-electron chi connectivity index (χ4n) is 2.91. The molecule has 1 fully saturated rings. The van der Waals surface area contributed by atoms with Gasteiger partial charge >= 0.3 is 0 Å². The Morgan fingerprint density at radius 3 is 2.41 bits per heavy atom. The van der Waals surface area contributed by atoms with Crippen molar-refractivity contribution in [2.24, 2.45) is 0 Å². The maximum atomic E-state index is 12.7. The zero-order valence-corrected chi connectivity index (χ0v) is 15.4. The van der Waals surface area contributed by atoms with Crippen LogP contribution in [0.25, 0.3) is 0 Å². The molecule has 7 heteroatoms. The van der Waals surface area contributed by atoms with Gasteiger partial charge in [0.15, 0.2) is 0 Å². The minimum absolute atomic E-state index is 0.103. The Kier molecular flexibility index (Phi) is 5.93. The van der Waals surface area contributed by atoms with Crippen LogP contribution in [0.2, 0.25) is 0 Å². The Bertz CT molecular complexity index is 831. The second-order valence-electron chi connectivity index (χ2n) is 5.97. The Labute approximate surface area is 157 Å². The summed E-state index contributed by atoms with van der Waals surface area (Å²) < 4.78 is 15.9. The van der Waals surface area contributed by atoms with Crippen molar-refractivity contribution in [3.63, 3.8) is 0 Å². The molecule has 142 valence electrons. The first kappa shape index (κ1) is 18.7. The predicted octanol–water partition coefficient (Wildman–Crippen LogP) is 2.43. The van der Waals surface area contributed by atoms with Crippen molar-refractivity contribution in [2.45, 2.75) is 0 Å². The van der Waals surface area contributed by atoms with Gasteiger partial charge in [-0.3, -0.25) is 9.59 Å². The molecule has 0 unspecified atom stereocenters. The van der Waals surface area contributed by atoms with Gasteiger partial charge in [-0.1, -0.05) is 12.1 Å². The Morgan fingerprint density at radius 1 is 1.00 bits per heavy atom. The average Bonchev–Trinajstić information content (AvgIpc) is 2.73. The van der Waals surface area contributed by atoms with Crippen LogP contribution >= 0.6 is 0 Å². The summed E-state index contributed by atoms with van der Waals surface area (Å²) in [5, 5.41) is 2.81. The summed E-state index contributed by atoms with van der Waals surface area (Å²) in [6.45, 7) is 2.15. The van der Waals surface area contributed by atoms with Crippen LogP contribution in [-0.2, 0) is 4.74 Å². The number of hydrogen-bond acceptors (Lipinski definition) is 5. The van der Waals surface area contributed by atoms with E-state index in [2.05, 4.69) is 5.32 Å². The van der Waals surface area contributed by atoms with Gasteiger partial charge < -0.3 is 24.4 Å². The highest BCUT2D eigenvalue weighted by atomic mass is 16.5. The molecule has 1 aliphatic rings. The molecule has 3 rings (SSSR count). The molecule has 1 N–H and O–H groups in total. The number of para-hydroxylation sites is 1. The third-order valence-corrected chi connectivity index (χ3v) is 4.34. The molecule has 0 spiro atoms. The number of carbonyl (C=O) groups excluding carboxylic acids is 2. The molecule has 0 bridgehead atoms. The van der Waals surface area contributed by atoms with Gasteiger partial charge in [-0.2, -0.15) is 0 Å². The molecule has 2 aromatic carbocycles. The van der Waals surface area contributed by atoms with Crippen LogP contribution in [-0.4, -0.2) is 57.2 Å². The fraction of sp³-hybridized carbons (Fsp3) is 0.300. The van der Waals surface area contributed by atoms with E-state index in [0.29, 0.717) is 54.6 Å². The van der Waals surface area contributed by atoms with Gasteiger partial charge in [0.05, 0.1) is 38.7 Å². The molecule has 1 heterocycles. The van der Waals surface area contributed by atoms with E-state index >= 15 is 0 Å². The number of carbonyl (C=O) groups is 2. The van der Waals surface area contributed by atoms with Crippen LogP contribution in [0.15, 0.2) is 42.5 Å². The van der Waals surface area contributed by atoms with Gasteiger partial charge in [0.1, 0.15) is 11.5 Å². The second-order valence-corrected chi connectivity index (χ2v) is 5.97. The molecule has 27 heavy (non-hydrogen) atoms. The lowest BCUT2D eigenvalue weighted by atomic mass is 10.1. The first-order valence-corrected chi connectivity index (χ1v) is 8.63. The second kappa shape index (κ2) is 8.55. The van der Waals surface area contributed by atoms with Gasteiger partial charge in [0.25, 0.3) is 11.8 Å². The lowest BCUT2D eigenvalue weighted by Gasteiger charge is -2.27. The summed E-state index contributed by atoms with van der Waals surface area (Å²) in [5.41, 5.74) is 1.30. The van der Waals surface area contributed by atoms with Gasteiger partial charge in [0, 0.05) is 18.7 Å². The number of rotatable bonds is 5. The van der Waals surface area contributed by atoms with Crippen molar-refractivity contribution in [3.8, 4) is 11.5 Å². The molecule has 1 aliphatic heterocycles. The summed E-state index contributed by atoms with van der Waals surface area (Å²) in [6, 6.07) is 11.9. The number of morpholine rings is 1. The molecule has 0 radical (unpaired) electrons.